The maximum absolute atomic E-state index is 13.5. The van der Waals surface area contributed by atoms with Crippen LogP contribution in [0.25, 0.3) is 11.5 Å². The molecule has 0 fully saturated rings. The summed E-state index contributed by atoms with van der Waals surface area (Å²) in [6.45, 7) is 2.53. The number of hydrogen-bond donors (Lipinski definition) is 1. The lowest BCUT2D eigenvalue weighted by Gasteiger charge is -2.05. The van der Waals surface area contributed by atoms with E-state index in [1.165, 1.54) is 23.9 Å². The van der Waals surface area contributed by atoms with Gasteiger partial charge in [0.2, 0.25) is 11.8 Å². The lowest BCUT2D eigenvalue weighted by atomic mass is 10.2. The number of hydrogen-bond acceptors (Lipinski definition) is 6. The lowest BCUT2D eigenvalue weighted by molar-refractivity contribution is -0.115. The third-order valence-electron chi connectivity index (χ3n) is 3.52. The van der Waals surface area contributed by atoms with Crippen LogP contribution in [0.2, 0.25) is 0 Å². The van der Waals surface area contributed by atoms with Gasteiger partial charge in [0.15, 0.2) is 0 Å². The highest BCUT2D eigenvalue weighted by molar-refractivity contribution is 7.99. The average Bonchev–Trinajstić information content (AvgIpc) is 3.13. The second-order valence-electron chi connectivity index (χ2n) is 5.46. The Balaban J connectivity index is 1.49. The number of carbonyl (C=O) groups is 1. The van der Waals surface area contributed by atoms with Crippen molar-refractivity contribution in [3.05, 3.63) is 54.3 Å². The number of ether oxygens (including phenoxy) is 1. The molecule has 2 aromatic carbocycles. The number of nitrogens with one attached hydrogen (secondary N) is 1. The van der Waals surface area contributed by atoms with E-state index in [1.54, 1.807) is 12.1 Å². The zero-order valence-corrected chi connectivity index (χ0v) is 15.5. The number of halogens is 1. The van der Waals surface area contributed by atoms with Crippen molar-refractivity contribution in [3.63, 3.8) is 0 Å². The van der Waals surface area contributed by atoms with Gasteiger partial charge in [0, 0.05) is 17.7 Å². The van der Waals surface area contributed by atoms with Gasteiger partial charge in [-0.1, -0.05) is 23.9 Å². The summed E-state index contributed by atoms with van der Waals surface area (Å²) in [5.41, 5.74) is 0.957. The molecule has 0 atom stereocenters. The summed E-state index contributed by atoms with van der Waals surface area (Å²) in [6.07, 6.45) is 0.194. The van der Waals surface area contributed by atoms with Crippen LogP contribution in [0.4, 0.5) is 10.1 Å². The van der Waals surface area contributed by atoms with Crippen LogP contribution >= 0.6 is 11.8 Å². The van der Waals surface area contributed by atoms with Crippen molar-refractivity contribution in [3.8, 4) is 17.2 Å². The predicted molar refractivity (Wildman–Crippen MR) is 101 cm³/mol. The number of benzene rings is 2. The molecule has 0 saturated carbocycles. The van der Waals surface area contributed by atoms with Gasteiger partial charge >= 0.3 is 0 Å². The second-order valence-corrected chi connectivity index (χ2v) is 6.50. The van der Waals surface area contributed by atoms with Gasteiger partial charge in [-0.25, -0.2) is 4.39 Å². The molecule has 0 spiro atoms. The van der Waals surface area contributed by atoms with E-state index in [0.717, 1.165) is 11.3 Å². The minimum absolute atomic E-state index is 0.170. The minimum Gasteiger partial charge on any atom is -0.494 e. The molecular formula is C19H18FN3O3S. The maximum Gasteiger partial charge on any atom is 0.276 e. The van der Waals surface area contributed by atoms with Crippen molar-refractivity contribution in [2.24, 2.45) is 0 Å². The van der Waals surface area contributed by atoms with Crippen molar-refractivity contribution in [1.29, 1.82) is 0 Å². The van der Waals surface area contributed by atoms with E-state index in [4.69, 9.17) is 9.15 Å². The van der Waals surface area contributed by atoms with Gasteiger partial charge in [0.1, 0.15) is 11.6 Å². The van der Waals surface area contributed by atoms with Gasteiger partial charge in [0.25, 0.3) is 5.22 Å². The summed E-state index contributed by atoms with van der Waals surface area (Å²) in [5, 5.41) is 10.9. The van der Waals surface area contributed by atoms with Crippen LogP contribution < -0.4 is 10.1 Å². The minimum atomic E-state index is -0.463. The fourth-order valence-corrected chi connectivity index (χ4v) is 2.95. The fourth-order valence-electron chi connectivity index (χ4n) is 2.25. The van der Waals surface area contributed by atoms with Crippen molar-refractivity contribution in [2.45, 2.75) is 18.6 Å². The quantitative estimate of drug-likeness (QED) is 0.578. The number of aromatic nitrogens is 2. The molecule has 0 radical (unpaired) electrons. The molecule has 3 aromatic rings. The zero-order chi connectivity index (χ0) is 19.1. The molecule has 1 heterocycles. The van der Waals surface area contributed by atoms with Crippen molar-refractivity contribution >= 4 is 23.4 Å². The van der Waals surface area contributed by atoms with E-state index in [-0.39, 0.29) is 18.0 Å². The highest BCUT2D eigenvalue weighted by Crippen LogP contribution is 2.25. The summed E-state index contributed by atoms with van der Waals surface area (Å²) in [6, 6.07) is 13.4. The molecule has 0 aliphatic heterocycles. The number of thioether (sulfide) groups is 1. The SMILES string of the molecule is CCOc1ccc(-c2nnc(SCCC(=O)Nc3ccccc3F)o2)cc1. The second kappa shape index (κ2) is 9.18. The largest absolute Gasteiger partial charge is 0.494 e. The lowest BCUT2D eigenvalue weighted by Crippen LogP contribution is -2.13. The smallest absolute Gasteiger partial charge is 0.276 e. The van der Waals surface area contributed by atoms with E-state index in [9.17, 15) is 9.18 Å². The first-order valence-electron chi connectivity index (χ1n) is 8.39. The first-order valence-corrected chi connectivity index (χ1v) is 9.38. The van der Waals surface area contributed by atoms with Gasteiger partial charge in [-0.05, 0) is 43.3 Å². The molecule has 27 heavy (non-hydrogen) atoms. The summed E-state index contributed by atoms with van der Waals surface area (Å²) in [4.78, 5) is 11.9. The van der Waals surface area contributed by atoms with Gasteiger partial charge in [-0.15, -0.1) is 10.2 Å². The molecule has 1 aromatic heterocycles. The summed E-state index contributed by atoms with van der Waals surface area (Å²) in [7, 11) is 0. The topological polar surface area (TPSA) is 77.2 Å². The third kappa shape index (κ3) is 5.30. The molecule has 0 aliphatic carbocycles. The van der Waals surface area contributed by atoms with E-state index in [1.807, 2.05) is 31.2 Å². The van der Waals surface area contributed by atoms with E-state index >= 15 is 0 Å². The Labute approximate surface area is 160 Å². The van der Waals surface area contributed by atoms with Crippen molar-refractivity contribution in [2.75, 3.05) is 17.7 Å². The van der Waals surface area contributed by atoms with E-state index < -0.39 is 5.82 Å². The number of rotatable bonds is 8. The Kier molecular flexibility index (Phi) is 6.43. The Bertz CT molecular complexity index is 899. The number of carbonyl (C=O) groups excluding carboxylic acids is 1. The van der Waals surface area contributed by atoms with Crippen LogP contribution in [0.1, 0.15) is 13.3 Å². The molecule has 6 nitrogen and oxygen atoms in total. The Hall–Kier alpha value is -2.87. The van der Waals surface area contributed by atoms with Crippen LogP contribution in [0.3, 0.4) is 0 Å². The standard InChI is InChI=1S/C19H18FN3O3S/c1-2-25-14-9-7-13(8-10-14)18-22-23-19(26-18)27-12-11-17(24)21-16-6-4-3-5-15(16)20/h3-10H,2,11-12H2,1H3,(H,21,24). The molecule has 140 valence electrons. The Morgan fingerprint density at radius 1 is 1.19 bits per heavy atom. The third-order valence-corrected chi connectivity index (χ3v) is 4.34. The molecule has 0 bridgehead atoms. The fraction of sp³-hybridized carbons (Fsp3) is 0.211. The summed E-state index contributed by atoms with van der Waals surface area (Å²) in [5.74, 6) is 0.868. The van der Waals surface area contributed by atoms with Gasteiger partial charge < -0.3 is 14.5 Å². The Morgan fingerprint density at radius 2 is 1.96 bits per heavy atom. The van der Waals surface area contributed by atoms with Gasteiger partial charge in [-0.3, -0.25) is 4.79 Å². The van der Waals surface area contributed by atoms with E-state index in [0.29, 0.717) is 23.5 Å². The average molecular weight is 387 g/mol. The molecule has 0 aliphatic rings. The molecular weight excluding hydrogens is 369 g/mol. The van der Waals surface area contributed by atoms with Crippen LogP contribution in [-0.4, -0.2) is 28.5 Å². The zero-order valence-electron chi connectivity index (χ0n) is 14.6. The van der Waals surface area contributed by atoms with Crippen molar-refractivity contribution in [1.82, 2.24) is 10.2 Å². The summed E-state index contributed by atoms with van der Waals surface area (Å²) >= 11 is 1.27. The van der Waals surface area contributed by atoms with Gasteiger partial charge in [-0.2, -0.15) is 0 Å². The molecule has 1 amide bonds. The predicted octanol–water partition coefficient (Wildman–Crippen LogP) is 4.40. The number of para-hydroxylation sites is 1. The van der Waals surface area contributed by atoms with Crippen LogP contribution in [-0.2, 0) is 4.79 Å². The normalized spacial score (nSPS) is 10.6. The summed E-state index contributed by atoms with van der Waals surface area (Å²) < 4.78 is 24.5. The Morgan fingerprint density at radius 3 is 2.70 bits per heavy atom. The molecule has 8 heteroatoms. The van der Waals surface area contributed by atoms with Crippen LogP contribution in [0, 0.1) is 5.82 Å². The number of anilines is 1. The van der Waals surface area contributed by atoms with Gasteiger partial charge in [0.05, 0.1) is 12.3 Å². The molecule has 1 N–H and O–H groups in total. The number of amides is 1. The van der Waals surface area contributed by atoms with Crippen molar-refractivity contribution < 1.29 is 18.3 Å². The van der Waals surface area contributed by atoms with Crippen LogP contribution in [0.15, 0.2) is 58.2 Å². The maximum atomic E-state index is 13.5. The molecule has 0 unspecified atom stereocenters. The monoisotopic (exact) mass is 387 g/mol. The van der Waals surface area contributed by atoms with Crippen LogP contribution in [0.5, 0.6) is 5.75 Å². The van der Waals surface area contributed by atoms with E-state index in [2.05, 4.69) is 15.5 Å². The molecule has 0 saturated heterocycles. The highest BCUT2D eigenvalue weighted by atomic mass is 32.2. The highest BCUT2D eigenvalue weighted by Gasteiger charge is 2.11. The molecule has 3 rings (SSSR count). The number of nitrogens with zero attached hydrogens (tertiary/aromatic N) is 2. The first kappa shape index (κ1) is 18.9. The first-order chi connectivity index (χ1) is 13.2.